The van der Waals surface area contributed by atoms with Gasteiger partial charge in [0.25, 0.3) is 0 Å². The predicted octanol–water partition coefficient (Wildman–Crippen LogP) is 1.03. The van der Waals surface area contributed by atoms with Crippen molar-refractivity contribution in [3.8, 4) is 0 Å². The lowest BCUT2D eigenvalue weighted by Crippen LogP contribution is -2.11. The van der Waals surface area contributed by atoms with Crippen LogP contribution in [-0.4, -0.2) is 18.4 Å². The molecule has 1 heterocycles. The topological polar surface area (TPSA) is 42.0 Å². The monoisotopic (exact) mass is 152 g/mol. The summed E-state index contributed by atoms with van der Waals surface area (Å²) in [5.41, 5.74) is 0.773. The van der Waals surface area contributed by atoms with Gasteiger partial charge in [-0.2, -0.15) is 0 Å². The van der Waals surface area contributed by atoms with Gasteiger partial charge in [-0.15, -0.1) is 0 Å². The molecular weight excluding hydrogens is 142 g/mol. The van der Waals surface area contributed by atoms with E-state index in [0.717, 1.165) is 5.69 Å². The first kappa shape index (κ1) is 8.17. The molecule has 1 unspecified atom stereocenters. The maximum Gasteiger partial charge on any atom is 0.196 e. The van der Waals surface area contributed by atoms with Crippen LogP contribution in [0.15, 0.2) is 24.4 Å². The predicted molar refractivity (Wildman–Crippen MR) is 39.4 cm³/mol. The van der Waals surface area contributed by atoms with Gasteiger partial charge < -0.3 is 4.74 Å². The third-order valence-electron chi connectivity index (χ3n) is 1.36. The molecule has 0 aliphatic carbocycles. The second kappa shape index (κ2) is 4.05. The Labute approximate surface area is 65.7 Å². The number of aromatic nitrogens is 1. The van der Waals surface area contributed by atoms with E-state index in [-0.39, 0.29) is 0 Å². The number of rotatable bonds is 3. The Kier molecular flexibility index (Phi) is 3.01. The highest BCUT2D eigenvalue weighted by atomic mass is 16.6. The molecular formula is C8H10NO2. The lowest BCUT2D eigenvalue weighted by atomic mass is 10.3. The van der Waals surface area contributed by atoms with E-state index in [1.54, 1.807) is 6.20 Å². The van der Waals surface area contributed by atoms with Gasteiger partial charge in [-0.3, -0.25) is 4.98 Å². The molecule has 0 spiro atoms. The summed E-state index contributed by atoms with van der Waals surface area (Å²) in [6, 6.07) is 5.48. The number of ether oxygens (including phenoxy) is 1. The fourth-order valence-electron chi connectivity index (χ4n) is 0.773. The average molecular weight is 152 g/mol. The van der Waals surface area contributed by atoms with Crippen LogP contribution in [0.5, 0.6) is 0 Å². The molecule has 0 bridgehead atoms. The second-order valence-electron chi connectivity index (χ2n) is 2.19. The van der Waals surface area contributed by atoms with E-state index in [9.17, 15) is 5.11 Å². The van der Waals surface area contributed by atoms with Gasteiger partial charge in [0.15, 0.2) is 6.29 Å². The summed E-state index contributed by atoms with van der Waals surface area (Å²) >= 11 is 0. The van der Waals surface area contributed by atoms with Crippen LogP contribution in [0.25, 0.3) is 0 Å². The average Bonchev–Trinajstić information content (AvgIpc) is 2.06. The minimum atomic E-state index is -0.995. The van der Waals surface area contributed by atoms with Gasteiger partial charge in [-0.1, -0.05) is 6.07 Å². The molecule has 1 atom stereocenters. The van der Waals surface area contributed by atoms with E-state index < -0.39 is 6.29 Å². The molecule has 0 saturated heterocycles. The zero-order chi connectivity index (χ0) is 8.10. The van der Waals surface area contributed by atoms with Gasteiger partial charge in [0, 0.05) is 25.4 Å². The van der Waals surface area contributed by atoms with Crippen molar-refractivity contribution < 1.29 is 9.84 Å². The number of hydrogen-bond acceptors (Lipinski definition) is 2. The van der Waals surface area contributed by atoms with E-state index in [4.69, 9.17) is 0 Å². The number of pyridine rings is 1. The molecule has 3 nitrogen and oxygen atoms in total. The summed E-state index contributed by atoms with van der Waals surface area (Å²) < 4.78 is 4.56. The van der Waals surface area contributed by atoms with Crippen molar-refractivity contribution in [3.63, 3.8) is 0 Å². The van der Waals surface area contributed by atoms with Gasteiger partial charge in [-0.25, -0.2) is 5.11 Å². The summed E-state index contributed by atoms with van der Waals surface area (Å²) in [7, 11) is 1.40. The third kappa shape index (κ3) is 2.65. The Morgan fingerprint density at radius 2 is 2.45 bits per heavy atom. The molecule has 1 aromatic rings. The fourth-order valence-corrected chi connectivity index (χ4v) is 0.773. The lowest BCUT2D eigenvalue weighted by molar-refractivity contribution is -0.117. The quantitative estimate of drug-likeness (QED) is 0.607. The van der Waals surface area contributed by atoms with E-state index in [2.05, 4.69) is 9.72 Å². The molecule has 11 heavy (non-hydrogen) atoms. The SMILES string of the molecule is COC([O])Cc1ccccn1. The smallest absolute Gasteiger partial charge is 0.196 e. The number of hydrogen-bond donors (Lipinski definition) is 0. The number of nitrogens with zero attached hydrogens (tertiary/aromatic N) is 1. The van der Waals surface area contributed by atoms with Crippen LogP contribution in [0, 0.1) is 0 Å². The second-order valence-corrected chi connectivity index (χ2v) is 2.19. The van der Waals surface area contributed by atoms with Crippen molar-refractivity contribution in [1.82, 2.24) is 4.98 Å². The first-order valence-electron chi connectivity index (χ1n) is 3.41. The highest BCUT2D eigenvalue weighted by molar-refractivity contribution is 5.03. The van der Waals surface area contributed by atoms with Gasteiger partial charge in [0.2, 0.25) is 0 Å². The molecule has 0 aromatic carbocycles. The molecule has 0 fully saturated rings. The Morgan fingerprint density at radius 3 is 3.00 bits per heavy atom. The van der Waals surface area contributed by atoms with Gasteiger partial charge >= 0.3 is 0 Å². The molecule has 0 aliphatic heterocycles. The Bertz CT molecular complexity index is 201. The largest absolute Gasteiger partial charge is 0.353 e. The first-order chi connectivity index (χ1) is 5.33. The Hall–Kier alpha value is -0.930. The standard InChI is InChI=1S/C8H10NO2/c1-11-8(10)6-7-4-2-3-5-9-7/h2-5,8H,6H2,1H3. The maximum atomic E-state index is 10.8. The van der Waals surface area contributed by atoms with Crippen LogP contribution in [0.3, 0.4) is 0 Å². The normalized spacial score (nSPS) is 12.9. The van der Waals surface area contributed by atoms with Crippen LogP contribution in [0.4, 0.5) is 0 Å². The van der Waals surface area contributed by atoms with E-state index >= 15 is 0 Å². The van der Waals surface area contributed by atoms with Crippen LogP contribution >= 0.6 is 0 Å². The summed E-state index contributed by atoms with van der Waals surface area (Å²) in [6.45, 7) is 0. The van der Waals surface area contributed by atoms with Crippen molar-refractivity contribution in [3.05, 3.63) is 30.1 Å². The minimum Gasteiger partial charge on any atom is -0.353 e. The first-order valence-corrected chi connectivity index (χ1v) is 3.41. The molecule has 59 valence electrons. The molecule has 3 heteroatoms. The number of methoxy groups -OCH3 is 1. The van der Waals surface area contributed by atoms with Gasteiger partial charge in [0.05, 0.1) is 0 Å². The zero-order valence-corrected chi connectivity index (χ0v) is 6.36. The van der Waals surface area contributed by atoms with Crippen LogP contribution < -0.4 is 0 Å². The van der Waals surface area contributed by atoms with Crippen LogP contribution in [0.1, 0.15) is 5.69 Å². The van der Waals surface area contributed by atoms with Crippen molar-refractivity contribution in [2.45, 2.75) is 12.7 Å². The van der Waals surface area contributed by atoms with E-state index in [0.29, 0.717) is 6.42 Å². The van der Waals surface area contributed by atoms with Crippen molar-refractivity contribution in [1.29, 1.82) is 0 Å². The Balaban J connectivity index is 2.51. The summed E-state index contributed by atoms with van der Waals surface area (Å²) in [4.78, 5) is 3.99. The summed E-state index contributed by atoms with van der Waals surface area (Å²) in [6.07, 6.45) is 1.000. The van der Waals surface area contributed by atoms with E-state index in [1.807, 2.05) is 18.2 Å². The zero-order valence-electron chi connectivity index (χ0n) is 6.36. The maximum absolute atomic E-state index is 10.8. The van der Waals surface area contributed by atoms with Crippen molar-refractivity contribution in [2.24, 2.45) is 0 Å². The highest BCUT2D eigenvalue weighted by Crippen LogP contribution is 1.99. The van der Waals surface area contributed by atoms with Gasteiger partial charge in [0.1, 0.15) is 0 Å². The third-order valence-corrected chi connectivity index (χ3v) is 1.36. The molecule has 1 aromatic heterocycles. The molecule has 0 aliphatic rings. The molecule has 1 radical (unpaired) electrons. The molecule has 0 N–H and O–H groups in total. The summed E-state index contributed by atoms with van der Waals surface area (Å²) in [5.74, 6) is 0. The van der Waals surface area contributed by atoms with Crippen LogP contribution in [0.2, 0.25) is 0 Å². The summed E-state index contributed by atoms with van der Waals surface area (Å²) in [5, 5.41) is 10.8. The molecule has 0 amide bonds. The van der Waals surface area contributed by atoms with Gasteiger partial charge in [-0.05, 0) is 12.1 Å². The molecule has 0 saturated carbocycles. The van der Waals surface area contributed by atoms with Crippen LogP contribution in [-0.2, 0) is 16.3 Å². The van der Waals surface area contributed by atoms with Crippen molar-refractivity contribution >= 4 is 0 Å². The minimum absolute atomic E-state index is 0.331. The Morgan fingerprint density at radius 1 is 1.64 bits per heavy atom. The highest BCUT2D eigenvalue weighted by Gasteiger charge is 2.04. The fraction of sp³-hybridized carbons (Fsp3) is 0.375. The molecule has 1 rings (SSSR count). The van der Waals surface area contributed by atoms with Crippen molar-refractivity contribution in [2.75, 3.05) is 7.11 Å². The lowest BCUT2D eigenvalue weighted by Gasteiger charge is -2.03. The van der Waals surface area contributed by atoms with E-state index in [1.165, 1.54) is 7.11 Å².